The minimum absolute atomic E-state index is 0.374. The monoisotopic (exact) mass is 287 g/mol. The summed E-state index contributed by atoms with van der Waals surface area (Å²) in [5, 5.41) is 4.60. The molecule has 0 saturated carbocycles. The van der Waals surface area contributed by atoms with Gasteiger partial charge in [0.15, 0.2) is 6.61 Å². The molecule has 0 N–H and O–H groups in total. The van der Waals surface area contributed by atoms with Crippen LogP contribution in [0.25, 0.3) is 0 Å². The highest BCUT2D eigenvalue weighted by Crippen LogP contribution is 2.16. The summed E-state index contributed by atoms with van der Waals surface area (Å²) < 4.78 is 0. The van der Waals surface area contributed by atoms with Crippen LogP contribution in [0.5, 0.6) is 0 Å². The number of aromatic nitrogens is 1. The lowest BCUT2D eigenvalue weighted by Gasteiger charge is -2.01. The van der Waals surface area contributed by atoms with Crippen LogP contribution in [0.4, 0.5) is 0 Å². The molecule has 103 valence electrons. The van der Waals surface area contributed by atoms with Gasteiger partial charge in [-0.1, -0.05) is 35.0 Å². The van der Waals surface area contributed by atoms with Gasteiger partial charge >= 0.3 is 0 Å². The van der Waals surface area contributed by atoms with E-state index < -0.39 is 0 Å². The molecule has 2 aromatic rings. The third-order valence-corrected chi connectivity index (χ3v) is 3.11. The smallest absolute Gasteiger partial charge is 0.159 e. The van der Waals surface area contributed by atoms with Gasteiger partial charge in [0.1, 0.15) is 0 Å². The van der Waals surface area contributed by atoms with Gasteiger partial charge in [-0.05, 0) is 43.2 Å². The van der Waals surface area contributed by atoms with Crippen LogP contribution in [0, 0.1) is 13.8 Å². The molecule has 0 aliphatic rings. The Balaban J connectivity index is 1.80. The molecule has 0 spiro atoms. The second-order valence-electron chi connectivity index (χ2n) is 4.46. The number of nitrogens with zero attached hydrogens (tertiary/aromatic N) is 2. The predicted octanol–water partition coefficient (Wildman–Crippen LogP) is 3.97. The van der Waals surface area contributed by atoms with E-state index in [1.165, 1.54) is 0 Å². The molecule has 0 aliphatic heterocycles. The maximum Gasteiger partial charge on any atom is 0.159 e. The first-order valence-corrected chi connectivity index (χ1v) is 6.69. The fourth-order valence-corrected chi connectivity index (χ4v) is 1.85. The van der Waals surface area contributed by atoms with Crippen LogP contribution >= 0.6 is 11.6 Å². The molecule has 0 atom stereocenters. The van der Waals surface area contributed by atoms with E-state index in [4.69, 9.17) is 16.4 Å². The van der Waals surface area contributed by atoms with E-state index in [0.717, 1.165) is 22.5 Å². The quantitative estimate of drug-likeness (QED) is 0.616. The molecule has 0 unspecified atom stereocenters. The fourth-order valence-electron chi connectivity index (χ4n) is 1.73. The summed E-state index contributed by atoms with van der Waals surface area (Å²) in [4.78, 5) is 9.54. The number of rotatable bonds is 5. The number of halogens is 1. The van der Waals surface area contributed by atoms with Crippen LogP contribution in [0.3, 0.4) is 0 Å². The number of oxime groups is 1. The third-order valence-electron chi connectivity index (χ3n) is 2.74. The Bertz CT molecular complexity index is 611. The van der Waals surface area contributed by atoms with E-state index in [-0.39, 0.29) is 0 Å². The van der Waals surface area contributed by atoms with Crippen molar-refractivity contribution in [3.05, 3.63) is 70.9 Å². The van der Waals surface area contributed by atoms with Crippen molar-refractivity contribution in [1.82, 2.24) is 4.98 Å². The number of pyridine rings is 1. The molecule has 1 aromatic carbocycles. The summed E-state index contributed by atoms with van der Waals surface area (Å²) in [6.07, 6.45) is 2.40. The largest absolute Gasteiger partial charge is 0.390 e. The Morgan fingerprint density at radius 1 is 1.35 bits per heavy atom. The van der Waals surface area contributed by atoms with Gasteiger partial charge in [-0.15, -0.1) is 0 Å². The van der Waals surface area contributed by atoms with Crippen molar-refractivity contribution in [2.24, 2.45) is 5.16 Å². The zero-order valence-electron chi connectivity index (χ0n) is 11.3. The van der Waals surface area contributed by atoms with Crippen LogP contribution in [-0.2, 0) is 17.9 Å². The maximum absolute atomic E-state index is 5.92. The Morgan fingerprint density at radius 2 is 2.20 bits per heavy atom. The van der Waals surface area contributed by atoms with Gasteiger partial charge in [-0.3, -0.25) is 4.98 Å². The van der Waals surface area contributed by atoms with Gasteiger partial charge in [0.05, 0.1) is 5.69 Å². The second kappa shape index (κ2) is 7.06. The van der Waals surface area contributed by atoms with E-state index >= 15 is 0 Å². The molecular weight excluding hydrogens is 272 g/mol. The highest BCUT2D eigenvalue weighted by Gasteiger charge is 1.97. The van der Waals surface area contributed by atoms with Crippen LogP contribution in [0.15, 0.2) is 41.6 Å². The fraction of sp³-hybridized carbons (Fsp3) is 0.188. The van der Waals surface area contributed by atoms with E-state index in [1.807, 2.05) is 43.3 Å². The van der Waals surface area contributed by atoms with Crippen molar-refractivity contribution >= 4 is 17.8 Å². The summed E-state index contributed by atoms with van der Waals surface area (Å²) in [7, 11) is 0. The Morgan fingerprint density at radius 3 is 2.95 bits per heavy atom. The van der Waals surface area contributed by atoms with Crippen molar-refractivity contribution < 1.29 is 4.84 Å². The van der Waals surface area contributed by atoms with Gasteiger partial charge in [0, 0.05) is 23.4 Å². The third kappa shape index (κ3) is 4.35. The average molecular weight is 288 g/mol. The van der Waals surface area contributed by atoms with Crippen LogP contribution in [0.2, 0.25) is 5.02 Å². The molecule has 0 aliphatic carbocycles. The van der Waals surface area contributed by atoms with Crippen molar-refractivity contribution in [3.8, 4) is 0 Å². The van der Waals surface area contributed by atoms with Gasteiger partial charge in [-0.25, -0.2) is 0 Å². The van der Waals surface area contributed by atoms with E-state index in [9.17, 15) is 0 Å². The van der Waals surface area contributed by atoms with E-state index in [1.54, 1.807) is 6.21 Å². The summed E-state index contributed by atoms with van der Waals surface area (Å²) in [6, 6.07) is 11.5. The molecule has 2 rings (SSSR count). The summed E-state index contributed by atoms with van der Waals surface area (Å²) in [5.41, 5.74) is 3.76. The Kier molecular flexibility index (Phi) is 5.13. The minimum atomic E-state index is 0.374. The van der Waals surface area contributed by atoms with Crippen LogP contribution in [-0.4, -0.2) is 11.2 Å². The first-order valence-electron chi connectivity index (χ1n) is 6.32. The summed E-state index contributed by atoms with van der Waals surface area (Å²) in [6.45, 7) is 6.18. The van der Waals surface area contributed by atoms with Gasteiger partial charge in [0.25, 0.3) is 0 Å². The van der Waals surface area contributed by atoms with Crippen LogP contribution < -0.4 is 0 Å². The second-order valence-corrected chi connectivity index (χ2v) is 4.87. The van der Waals surface area contributed by atoms with Gasteiger partial charge in [-0.2, -0.15) is 0 Å². The first-order chi connectivity index (χ1) is 9.65. The molecule has 20 heavy (non-hydrogen) atoms. The Labute approximate surface area is 124 Å². The Hall–Kier alpha value is -1.87. The summed E-state index contributed by atoms with van der Waals surface area (Å²) in [5.74, 6) is 0. The van der Waals surface area contributed by atoms with Gasteiger partial charge in [0.2, 0.25) is 0 Å². The SMILES string of the molecule is [CH2]c1cc(CC=NOCc2cccc(C)n2)ccc1Cl. The van der Waals surface area contributed by atoms with E-state index in [2.05, 4.69) is 17.1 Å². The molecule has 0 bridgehead atoms. The molecule has 1 radical (unpaired) electrons. The number of hydrogen-bond acceptors (Lipinski definition) is 3. The molecule has 1 heterocycles. The molecular formula is C16H16ClN2O. The highest BCUT2D eigenvalue weighted by molar-refractivity contribution is 6.31. The van der Waals surface area contributed by atoms with Crippen molar-refractivity contribution in [2.45, 2.75) is 20.0 Å². The average Bonchev–Trinajstić information content (AvgIpc) is 2.42. The van der Waals surface area contributed by atoms with E-state index in [0.29, 0.717) is 18.1 Å². The molecule has 4 heteroatoms. The lowest BCUT2D eigenvalue weighted by atomic mass is 10.1. The van der Waals surface area contributed by atoms with Crippen molar-refractivity contribution in [2.75, 3.05) is 0 Å². The maximum atomic E-state index is 5.92. The molecule has 1 aromatic heterocycles. The lowest BCUT2D eigenvalue weighted by molar-refractivity contribution is 0.128. The van der Waals surface area contributed by atoms with Crippen molar-refractivity contribution in [3.63, 3.8) is 0 Å². The minimum Gasteiger partial charge on any atom is -0.390 e. The summed E-state index contributed by atoms with van der Waals surface area (Å²) >= 11 is 5.92. The number of aryl methyl sites for hydroxylation is 1. The van der Waals surface area contributed by atoms with Gasteiger partial charge < -0.3 is 4.84 Å². The standard InChI is InChI=1S/C16H16ClN2O/c1-12-10-14(6-7-16(12)17)8-9-18-20-11-15-5-3-4-13(2)19-15/h3-7,9-10H,1,8,11H2,2H3. The highest BCUT2D eigenvalue weighted by atomic mass is 35.5. The molecule has 0 fully saturated rings. The molecule has 3 nitrogen and oxygen atoms in total. The zero-order chi connectivity index (χ0) is 14.4. The normalized spacial score (nSPS) is 10.9. The predicted molar refractivity (Wildman–Crippen MR) is 81.9 cm³/mol. The number of benzene rings is 1. The zero-order valence-corrected chi connectivity index (χ0v) is 12.1. The molecule has 0 amide bonds. The van der Waals surface area contributed by atoms with Crippen molar-refractivity contribution in [1.29, 1.82) is 0 Å². The topological polar surface area (TPSA) is 34.5 Å². The number of hydrogen-bond donors (Lipinski definition) is 0. The van der Waals surface area contributed by atoms with Crippen LogP contribution in [0.1, 0.15) is 22.5 Å². The molecule has 0 saturated heterocycles. The first kappa shape index (κ1) is 14.5. The lowest BCUT2D eigenvalue weighted by Crippen LogP contribution is -1.94.